The number of phenols is 1. The van der Waals surface area contributed by atoms with Crippen molar-refractivity contribution in [2.45, 2.75) is 51.6 Å². The Balaban J connectivity index is 1.58. The molecule has 1 aromatic heterocycles. The SMILES string of the molecule is Cc1ncc(CN2CCCC[C@@H]2CCc2ccc(O)cc2)[nH]1. The number of likely N-dealkylation sites (tertiary alicyclic amines) is 1. The normalized spacial score (nSPS) is 19.4. The average molecular weight is 299 g/mol. The minimum absolute atomic E-state index is 0.345. The topological polar surface area (TPSA) is 52.1 Å². The molecule has 0 bridgehead atoms. The lowest BCUT2D eigenvalue weighted by atomic mass is 9.95. The van der Waals surface area contributed by atoms with Gasteiger partial charge in [-0.3, -0.25) is 4.90 Å². The Labute approximate surface area is 132 Å². The van der Waals surface area contributed by atoms with Crippen LogP contribution < -0.4 is 0 Å². The van der Waals surface area contributed by atoms with Crippen LogP contribution in [0.5, 0.6) is 5.75 Å². The van der Waals surface area contributed by atoms with Crippen LogP contribution >= 0.6 is 0 Å². The van der Waals surface area contributed by atoms with Crippen molar-refractivity contribution >= 4 is 0 Å². The van der Waals surface area contributed by atoms with Gasteiger partial charge in [-0.05, 0) is 56.8 Å². The summed E-state index contributed by atoms with van der Waals surface area (Å²) in [7, 11) is 0. The lowest BCUT2D eigenvalue weighted by Gasteiger charge is -2.35. The number of aromatic amines is 1. The van der Waals surface area contributed by atoms with Gasteiger partial charge in [0.15, 0.2) is 0 Å². The molecular formula is C18H25N3O. The summed E-state index contributed by atoms with van der Waals surface area (Å²) < 4.78 is 0. The molecule has 118 valence electrons. The first-order valence-corrected chi connectivity index (χ1v) is 8.23. The Bertz CT molecular complexity index is 591. The molecule has 3 rings (SSSR count). The number of hydrogen-bond acceptors (Lipinski definition) is 3. The van der Waals surface area contributed by atoms with Crippen LogP contribution in [0.3, 0.4) is 0 Å². The van der Waals surface area contributed by atoms with Crippen molar-refractivity contribution in [1.29, 1.82) is 0 Å². The van der Waals surface area contributed by atoms with Gasteiger partial charge in [-0.25, -0.2) is 4.98 Å². The number of aryl methyl sites for hydroxylation is 2. The number of aromatic nitrogens is 2. The third-order valence-electron chi connectivity index (χ3n) is 4.58. The summed E-state index contributed by atoms with van der Waals surface area (Å²) in [5.41, 5.74) is 2.52. The summed E-state index contributed by atoms with van der Waals surface area (Å²) in [6.45, 7) is 4.15. The van der Waals surface area contributed by atoms with Crippen LogP contribution in [0.1, 0.15) is 42.8 Å². The minimum Gasteiger partial charge on any atom is -0.508 e. The molecule has 0 saturated carbocycles. The van der Waals surface area contributed by atoms with Gasteiger partial charge in [-0.1, -0.05) is 18.6 Å². The van der Waals surface area contributed by atoms with Gasteiger partial charge in [0.1, 0.15) is 11.6 Å². The highest BCUT2D eigenvalue weighted by Gasteiger charge is 2.22. The zero-order chi connectivity index (χ0) is 15.4. The van der Waals surface area contributed by atoms with Crippen molar-refractivity contribution in [2.75, 3.05) is 6.54 Å². The standard InChI is InChI=1S/C18H25N3O/c1-14-19-12-16(20-14)13-21-11-3-2-4-17(21)8-5-15-6-9-18(22)10-7-15/h6-7,9-10,12,17,22H,2-5,8,11,13H2,1H3,(H,19,20)/t17-/m1/s1. The number of nitrogens with zero attached hydrogens (tertiary/aromatic N) is 2. The fraction of sp³-hybridized carbons (Fsp3) is 0.500. The molecule has 1 aliphatic rings. The number of H-pyrrole nitrogens is 1. The molecule has 0 amide bonds. The highest BCUT2D eigenvalue weighted by molar-refractivity contribution is 5.26. The molecule has 2 N–H and O–H groups in total. The highest BCUT2D eigenvalue weighted by atomic mass is 16.3. The average Bonchev–Trinajstić information content (AvgIpc) is 2.93. The maximum absolute atomic E-state index is 9.36. The second kappa shape index (κ2) is 6.97. The van der Waals surface area contributed by atoms with E-state index in [9.17, 15) is 5.11 Å². The van der Waals surface area contributed by atoms with Gasteiger partial charge in [0.05, 0.1) is 0 Å². The number of hydrogen-bond donors (Lipinski definition) is 2. The Kier molecular flexibility index (Phi) is 4.78. The number of rotatable bonds is 5. The largest absolute Gasteiger partial charge is 0.508 e. The Morgan fingerprint density at radius 3 is 2.82 bits per heavy atom. The van der Waals surface area contributed by atoms with E-state index in [1.807, 2.05) is 25.3 Å². The van der Waals surface area contributed by atoms with Gasteiger partial charge in [0.2, 0.25) is 0 Å². The molecule has 0 aliphatic carbocycles. The second-order valence-corrected chi connectivity index (χ2v) is 6.32. The second-order valence-electron chi connectivity index (χ2n) is 6.32. The molecule has 4 nitrogen and oxygen atoms in total. The highest BCUT2D eigenvalue weighted by Crippen LogP contribution is 2.23. The molecule has 2 aromatic rings. The molecule has 2 heterocycles. The van der Waals surface area contributed by atoms with E-state index >= 15 is 0 Å². The van der Waals surface area contributed by atoms with E-state index in [4.69, 9.17) is 0 Å². The summed E-state index contributed by atoms with van der Waals surface area (Å²) >= 11 is 0. The van der Waals surface area contributed by atoms with Crippen LogP contribution in [0.2, 0.25) is 0 Å². The van der Waals surface area contributed by atoms with Crippen molar-refractivity contribution in [3.8, 4) is 5.75 Å². The Morgan fingerprint density at radius 1 is 1.27 bits per heavy atom. The van der Waals surface area contributed by atoms with E-state index < -0.39 is 0 Å². The third kappa shape index (κ3) is 3.89. The van der Waals surface area contributed by atoms with Crippen LogP contribution in [-0.4, -0.2) is 32.6 Å². The zero-order valence-electron chi connectivity index (χ0n) is 13.3. The van der Waals surface area contributed by atoms with E-state index in [1.54, 1.807) is 12.1 Å². The quantitative estimate of drug-likeness (QED) is 0.889. The van der Waals surface area contributed by atoms with E-state index in [1.165, 1.54) is 43.5 Å². The van der Waals surface area contributed by atoms with Gasteiger partial charge >= 0.3 is 0 Å². The zero-order valence-corrected chi connectivity index (χ0v) is 13.3. The number of aromatic hydroxyl groups is 1. The number of nitrogens with one attached hydrogen (secondary N) is 1. The molecule has 1 aliphatic heterocycles. The smallest absolute Gasteiger partial charge is 0.115 e. The van der Waals surface area contributed by atoms with E-state index in [0.717, 1.165) is 18.8 Å². The van der Waals surface area contributed by atoms with Gasteiger partial charge in [-0.15, -0.1) is 0 Å². The molecule has 1 atom stereocenters. The molecule has 1 aromatic carbocycles. The molecule has 22 heavy (non-hydrogen) atoms. The third-order valence-corrected chi connectivity index (χ3v) is 4.58. The first-order valence-electron chi connectivity index (χ1n) is 8.23. The van der Waals surface area contributed by atoms with Crippen molar-refractivity contribution in [2.24, 2.45) is 0 Å². The Morgan fingerprint density at radius 2 is 2.09 bits per heavy atom. The van der Waals surface area contributed by atoms with Crippen LogP contribution in [0.15, 0.2) is 30.5 Å². The molecular weight excluding hydrogens is 274 g/mol. The maximum atomic E-state index is 9.36. The lowest BCUT2D eigenvalue weighted by molar-refractivity contribution is 0.131. The van der Waals surface area contributed by atoms with Crippen LogP contribution in [0.25, 0.3) is 0 Å². The van der Waals surface area contributed by atoms with Gasteiger partial charge in [-0.2, -0.15) is 0 Å². The lowest BCUT2D eigenvalue weighted by Crippen LogP contribution is -2.39. The van der Waals surface area contributed by atoms with Crippen molar-refractivity contribution in [3.05, 3.63) is 47.5 Å². The first kappa shape index (κ1) is 15.1. The van der Waals surface area contributed by atoms with Gasteiger partial charge in [0.25, 0.3) is 0 Å². The number of imidazole rings is 1. The number of phenolic OH excluding ortho intramolecular Hbond substituents is 1. The fourth-order valence-electron chi connectivity index (χ4n) is 3.36. The summed E-state index contributed by atoms with van der Waals surface area (Å²) in [6.07, 6.45) is 8.12. The van der Waals surface area contributed by atoms with Crippen molar-refractivity contribution in [1.82, 2.24) is 14.9 Å². The minimum atomic E-state index is 0.345. The maximum Gasteiger partial charge on any atom is 0.115 e. The predicted octanol–water partition coefficient (Wildman–Crippen LogP) is 3.41. The van der Waals surface area contributed by atoms with Crippen LogP contribution in [-0.2, 0) is 13.0 Å². The summed E-state index contributed by atoms with van der Waals surface area (Å²) in [5, 5.41) is 9.36. The van der Waals surface area contributed by atoms with E-state index in [-0.39, 0.29) is 0 Å². The van der Waals surface area contributed by atoms with E-state index in [0.29, 0.717) is 11.8 Å². The molecule has 0 radical (unpaired) electrons. The number of benzene rings is 1. The van der Waals surface area contributed by atoms with Gasteiger partial charge in [0, 0.05) is 24.5 Å². The summed E-state index contributed by atoms with van der Waals surface area (Å²) in [5.74, 6) is 1.34. The van der Waals surface area contributed by atoms with Crippen LogP contribution in [0, 0.1) is 6.92 Å². The summed E-state index contributed by atoms with van der Waals surface area (Å²) in [4.78, 5) is 10.2. The molecule has 0 unspecified atom stereocenters. The molecule has 1 saturated heterocycles. The molecule has 0 spiro atoms. The number of piperidine rings is 1. The van der Waals surface area contributed by atoms with Crippen molar-refractivity contribution < 1.29 is 5.11 Å². The monoisotopic (exact) mass is 299 g/mol. The first-order chi connectivity index (χ1) is 10.7. The Hall–Kier alpha value is -1.81. The van der Waals surface area contributed by atoms with Gasteiger partial charge < -0.3 is 10.1 Å². The van der Waals surface area contributed by atoms with Crippen molar-refractivity contribution in [3.63, 3.8) is 0 Å². The molecule has 1 fully saturated rings. The van der Waals surface area contributed by atoms with E-state index in [2.05, 4.69) is 14.9 Å². The van der Waals surface area contributed by atoms with Crippen LogP contribution in [0.4, 0.5) is 0 Å². The summed E-state index contributed by atoms with van der Waals surface area (Å²) in [6, 6.07) is 8.26. The predicted molar refractivity (Wildman–Crippen MR) is 87.8 cm³/mol. The molecule has 4 heteroatoms. The fourth-order valence-corrected chi connectivity index (χ4v) is 3.36.